The van der Waals surface area contributed by atoms with Gasteiger partial charge in [0.25, 0.3) is 5.91 Å². The Morgan fingerprint density at radius 2 is 2.19 bits per heavy atom. The number of hydrogen-bond donors (Lipinski definition) is 2. The Bertz CT molecular complexity index is 800. The lowest BCUT2D eigenvalue weighted by Gasteiger charge is -1.99. The number of carbonyl (C=O) groups is 1. The Balaban J connectivity index is 1.74. The van der Waals surface area contributed by atoms with E-state index in [-0.39, 0.29) is 18.3 Å². The number of carbonyl (C=O) groups excluding carboxylic acids is 1. The van der Waals surface area contributed by atoms with Crippen molar-refractivity contribution in [1.82, 2.24) is 15.3 Å². The summed E-state index contributed by atoms with van der Waals surface area (Å²) in [5.41, 5.74) is 1.89. The van der Waals surface area contributed by atoms with Crippen LogP contribution in [0.25, 0.3) is 10.9 Å². The van der Waals surface area contributed by atoms with Gasteiger partial charge in [-0.1, -0.05) is 0 Å². The fourth-order valence-corrected chi connectivity index (χ4v) is 2.09. The summed E-state index contributed by atoms with van der Waals surface area (Å²) < 4.78 is 18.5. The van der Waals surface area contributed by atoms with Crippen molar-refractivity contribution in [2.24, 2.45) is 0 Å². The molecule has 0 atom stereocenters. The molecular weight excluding hydrogens is 273 g/mol. The van der Waals surface area contributed by atoms with E-state index < -0.39 is 0 Å². The third-order valence-corrected chi connectivity index (χ3v) is 3.30. The molecule has 2 heterocycles. The first kappa shape index (κ1) is 13.4. The molecule has 3 rings (SSSR count). The number of amides is 1. The van der Waals surface area contributed by atoms with Gasteiger partial charge >= 0.3 is 0 Å². The molecule has 0 unspecified atom stereocenters. The lowest BCUT2D eigenvalue weighted by Crippen LogP contribution is -2.23. The minimum atomic E-state index is -0.334. The van der Waals surface area contributed by atoms with Gasteiger partial charge in [-0.05, 0) is 38.1 Å². The molecule has 0 bridgehead atoms. The number of H-pyrrole nitrogens is 1. The molecule has 2 aromatic heterocycles. The van der Waals surface area contributed by atoms with E-state index in [0.29, 0.717) is 22.5 Å². The second-order valence-corrected chi connectivity index (χ2v) is 4.85. The molecule has 0 saturated carbocycles. The summed E-state index contributed by atoms with van der Waals surface area (Å²) in [5.74, 6) is 0.570. The van der Waals surface area contributed by atoms with Crippen LogP contribution >= 0.6 is 0 Å². The van der Waals surface area contributed by atoms with Gasteiger partial charge in [0.1, 0.15) is 17.3 Å². The Labute approximate surface area is 120 Å². The number of aromatic amines is 1. The second kappa shape index (κ2) is 5.05. The van der Waals surface area contributed by atoms with Crippen LogP contribution in [0, 0.1) is 19.7 Å². The third-order valence-electron chi connectivity index (χ3n) is 3.30. The Morgan fingerprint density at radius 3 is 2.90 bits per heavy atom. The van der Waals surface area contributed by atoms with Crippen molar-refractivity contribution in [3.63, 3.8) is 0 Å². The Hall–Kier alpha value is -2.63. The highest BCUT2D eigenvalue weighted by atomic mass is 19.1. The highest BCUT2D eigenvalue weighted by molar-refractivity contribution is 5.97. The molecule has 21 heavy (non-hydrogen) atoms. The van der Waals surface area contributed by atoms with Crippen molar-refractivity contribution in [2.75, 3.05) is 0 Å². The molecule has 6 heteroatoms. The highest BCUT2D eigenvalue weighted by Gasteiger charge is 2.12. The van der Waals surface area contributed by atoms with Crippen molar-refractivity contribution in [3.05, 3.63) is 53.1 Å². The molecule has 0 radical (unpaired) electrons. The number of fused-ring (bicyclic) bond motifs is 1. The number of halogens is 1. The highest BCUT2D eigenvalue weighted by Crippen LogP contribution is 2.16. The zero-order valence-electron chi connectivity index (χ0n) is 11.7. The van der Waals surface area contributed by atoms with Gasteiger partial charge in [0.05, 0.1) is 12.2 Å². The molecular formula is C15H14FN3O2. The molecule has 2 N–H and O–H groups in total. The number of rotatable bonds is 3. The molecule has 1 aromatic carbocycles. The summed E-state index contributed by atoms with van der Waals surface area (Å²) in [5, 5.41) is 3.37. The molecule has 0 aliphatic carbocycles. The first-order valence-electron chi connectivity index (χ1n) is 6.52. The van der Waals surface area contributed by atoms with Crippen LogP contribution in [-0.4, -0.2) is 15.9 Å². The smallest absolute Gasteiger partial charge is 0.268 e. The van der Waals surface area contributed by atoms with Gasteiger partial charge in [0, 0.05) is 10.9 Å². The Morgan fingerprint density at radius 1 is 1.38 bits per heavy atom. The largest absolute Gasteiger partial charge is 0.444 e. The van der Waals surface area contributed by atoms with Gasteiger partial charge in [-0.3, -0.25) is 4.79 Å². The molecule has 0 aliphatic heterocycles. The molecule has 0 spiro atoms. The lowest BCUT2D eigenvalue weighted by molar-refractivity contribution is 0.0943. The van der Waals surface area contributed by atoms with Crippen LogP contribution in [-0.2, 0) is 6.54 Å². The fraction of sp³-hybridized carbons (Fsp3) is 0.200. The SMILES string of the molecule is Cc1nc(CNC(=O)c2cc3cc(F)ccc3[nH]2)oc1C. The first-order valence-corrected chi connectivity index (χ1v) is 6.52. The van der Waals surface area contributed by atoms with Crippen LogP contribution in [0.1, 0.15) is 27.8 Å². The average molecular weight is 287 g/mol. The van der Waals surface area contributed by atoms with Gasteiger partial charge in [-0.2, -0.15) is 0 Å². The molecule has 5 nitrogen and oxygen atoms in total. The van der Waals surface area contributed by atoms with E-state index in [9.17, 15) is 9.18 Å². The molecule has 3 aromatic rings. The monoisotopic (exact) mass is 287 g/mol. The topological polar surface area (TPSA) is 70.9 Å². The number of benzene rings is 1. The van der Waals surface area contributed by atoms with Crippen molar-refractivity contribution in [2.45, 2.75) is 20.4 Å². The number of nitrogens with one attached hydrogen (secondary N) is 2. The number of hydrogen-bond acceptors (Lipinski definition) is 3. The van der Waals surface area contributed by atoms with Crippen LogP contribution in [0.5, 0.6) is 0 Å². The lowest BCUT2D eigenvalue weighted by atomic mass is 10.2. The van der Waals surface area contributed by atoms with Gasteiger partial charge in [-0.25, -0.2) is 9.37 Å². The summed E-state index contributed by atoms with van der Waals surface area (Å²) >= 11 is 0. The number of nitrogens with zero attached hydrogens (tertiary/aromatic N) is 1. The van der Waals surface area contributed by atoms with Gasteiger partial charge in [0.2, 0.25) is 5.89 Å². The summed E-state index contributed by atoms with van der Waals surface area (Å²) in [6.45, 7) is 3.87. The predicted molar refractivity (Wildman–Crippen MR) is 75.4 cm³/mol. The minimum absolute atomic E-state index is 0.206. The zero-order valence-corrected chi connectivity index (χ0v) is 11.7. The third kappa shape index (κ3) is 2.65. The quantitative estimate of drug-likeness (QED) is 0.778. The van der Waals surface area contributed by atoms with Crippen LogP contribution in [0.2, 0.25) is 0 Å². The van der Waals surface area contributed by atoms with Gasteiger partial charge in [-0.15, -0.1) is 0 Å². The number of aryl methyl sites for hydroxylation is 2. The maximum atomic E-state index is 13.1. The molecule has 1 amide bonds. The Kier molecular flexibility index (Phi) is 3.21. The standard InChI is InChI=1S/C15H14FN3O2/c1-8-9(2)21-14(18-8)7-17-15(20)13-6-10-5-11(16)3-4-12(10)19-13/h3-6,19H,7H2,1-2H3,(H,17,20). The molecule has 0 saturated heterocycles. The second-order valence-electron chi connectivity index (χ2n) is 4.85. The van der Waals surface area contributed by atoms with Crippen LogP contribution in [0.3, 0.4) is 0 Å². The normalized spacial score (nSPS) is 11.0. The maximum Gasteiger partial charge on any atom is 0.268 e. The van der Waals surface area contributed by atoms with Crippen molar-refractivity contribution in [1.29, 1.82) is 0 Å². The van der Waals surface area contributed by atoms with E-state index >= 15 is 0 Å². The number of aromatic nitrogens is 2. The van der Waals surface area contributed by atoms with Crippen molar-refractivity contribution >= 4 is 16.8 Å². The first-order chi connectivity index (χ1) is 10.0. The maximum absolute atomic E-state index is 13.1. The van der Waals surface area contributed by atoms with E-state index in [1.165, 1.54) is 12.1 Å². The summed E-state index contributed by atoms with van der Waals surface area (Å²) in [6.07, 6.45) is 0. The molecule has 0 aliphatic rings. The fourth-order valence-electron chi connectivity index (χ4n) is 2.09. The van der Waals surface area contributed by atoms with Crippen LogP contribution in [0.15, 0.2) is 28.7 Å². The number of oxazole rings is 1. The molecule has 108 valence electrons. The van der Waals surface area contributed by atoms with Gasteiger partial charge in [0.15, 0.2) is 0 Å². The minimum Gasteiger partial charge on any atom is -0.444 e. The van der Waals surface area contributed by atoms with Crippen LogP contribution in [0.4, 0.5) is 4.39 Å². The van der Waals surface area contributed by atoms with E-state index in [0.717, 1.165) is 11.5 Å². The van der Waals surface area contributed by atoms with Crippen molar-refractivity contribution in [3.8, 4) is 0 Å². The van der Waals surface area contributed by atoms with E-state index in [4.69, 9.17) is 4.42 Å². The summed E-state index contributed by atoms with van der Waals surface area (Å²) in [4.78, 5) is 19.2. The van der Waals surface area contributed by atoms with E-state index in [1.807, 2.05) is 13.8 Å². The van der Waals surface area contributed by atoms with Crippen molar-refractivity contribution < 1.29 is 13.6 Å². The van der Waals surface area contributed by atoms with E-state index in [2.05, 4.69) is 15.3 Å². The summed E-state index contributed by atoms with van der Waals surface area (Å²) in [6, 6.07) is 5.93. The van der Waals surface area contributed by atoms with Gasteiger partial charge < -0.3 is 14.7 Å². The van der Waals surface area contributed by atoms with E-state index in [1.54, 1.807) is 12.1 Å². The average Bonchev–Trinajstić information content (AvgIpc) is 3.00. The molecule has 0 fully saturated rings. The van der Waals surface area contributed by atoms with Crippen LogP contribution < -0.4 is 5.32 Å². The predicted octanol–water partition coefficient (Wildman–Crippen LogP) is 2.84. The summed E-state index contributed by atoms with van der Waals surface area (Å²) in [7, 11) is 0. The zero-order chi connectivity index (χ0) is 15.0.